The molecule has 0 amide bonds. The fourth-order valence-electron chi connectivity index (χ4n) is 1.95. The third kappa shape index (κ3) is 2.23. The van der Waals surface area contributed by atoms with Crippen LogP contribution in [0.15, 0.2) is 58.3 Å². The summed E-state index contributed by atoms with van der Waals surface area (Å²) in [6.07, 6.45) is 1.54. The highest BCUT2D eigenvalue weighted by Crippen LogP contribution is 2.25. The molecule has 3 aromatic rings. The highest BCUT2D eigenvalue weighted by molar-refractivity contribution is 5.56. The molecular weight excluding hydrogens is 259 g/mol. The average molecular weight is 270 g/mol. The van der Waals surface area contributed by atoms with E-state index in [1.807, 2.05) is 0 Å². The van der Waals surface area contributed by atoms with Gasteiger partial charge in [-0.1, -0.05) is 18.2 Å². The standard InChI is InChI=1S/C14H11FN4O/c15-11-5-2-1-4-10(11)9-19-14(17-16)8-12(18-19)13-6-3-7-20-13/h1-8,16H,9H2. The van der Waals surface area contributed by atoms with Crippen LogP contribution in [-0.4, -0.2) is 9.78 Å². The first-order valence-corrected chi connectivity index (χ1v) is 6.00. The number of aromatic nitrogens is 2. The van der Waals surface area contributed by atoms with Crippen molar-refractivity contribution in [1.29, 1.82) is 5.53 Å². The van der Waals surface area contributed by atoms with E-state index in [2.05, 4.69) is 10.2 Å². The van der Waals surface area contributed by atoms with Crippen LogP contribution >= 0.6 is 0 Å². The fraction of sp³-hybridized carbons (Fsp3) is 0.0714. The Bertz CT molecular complexity index is 733. The lowest BCUT2D eigenvalue weighted by molar-refractivity contribution is 0.571. The molecule has 1 aromatic carbocycles. The van der Waals surface area contributed by atoms with E-state index in [0.29, 0.717) is 22.8 Å². The molecule has 2 heterocycles. The van der Waals surface area contributed by atoms with Gasteiger partial charge in [-0.05, 0) is 18.2 Å². The number of hydrogen-bond donors (Lipinski definition) is 1. The Labute approximate surface area is 114 Å². The number of furan rings is 1. The van der Waals surface area contributed by atoms with Gasteiger partial charge in [-0.2, -0.15) is 5.10 Å². The summed E-state index contributed by atoms with van der Waals surface area (Å²) in [7, 11) is 0. The van der Waals surface area contributed by atoms with Crippen molar-refractivity contribution in [2.75, 3.05) is 0 Å². The maximum atomic E-state index is 13.7. The summed E-state index contributed by atoms with van der Waals surface area (Å²) in [4.78, 5) is 0. The molecule has 100 valence electrons. The maximum absolute atomic E-state index is 13.7. The van der Waals surface area contributed by atoms with Crippen LogP contribution in [0, 0.1) is 11.3 Å². The van der Waals surface area contributed by atoms with Gasteiger partial charge in [0.1, 0.15) is 11.5 Å². The summed E-state index contributed by atoms with van der Waals surface area (Å²) in [6, 6.07) is 11.6. The second kappa shape index (κ2) is 5.08. The summed E-state index contributed by atoms with van der Waals surface area (Å²) in [5.74, 6) is 0.625. The summed E-state index contributed by atoms with van der Waals surface area (Å²) < 4.78 is 20.4. The van der Waals surface area contributed by atoms with Gasteiger partial charge in [0, 0.05) is 11.6 Å². The second-order valence-corrected chi connectivity index (χ2v) is 4.23. The van der Waals surface area contributed by atoms with Crippen LogP contribution < -0.4 is 0 Å². The van der Waals surface area contributed by atoms with Crippen LogP contribution in [0.25, 0.3) is 11.5 Å². The molecule has 0 radical (unpaired) electrons. The molecule has 5 nitrogen and oxygen atoms in total. The Morgan fingerprint density at radius 2 is 2.10 bits per heavy atom. The largest absolute Gasteiger partial charge is 0.463 e. The van der Waals surface area contributed by atoms with Crippen molar-refractivity contribution >= 4 is 5.82 Å². The minimum Gasteiger partial charge on any atom is -0.463 e. The Morgan fingerprint density at radius 3 is 2.80 bits per heavy atom. The van der Waals surface area contributed by atoms with Crippen LogP contribution in [0.2, 0.25) is 0 Å². The van der Waals surface area contributed by atoms with Crippen molar-refractivity contribution in [2.45, 2.75) is 6.54 Å². The predicted octanol–water partition coefficient (Wildman–Crippen LogP) is 3.99. The Morgan fingerprint density at radius 1 is 1.25 bits per heavy atom. The number of benzene rings is 1. The number of halogens is 1. The lowest BCUT2D eigenvalue weighted by Crippen LogP contribution is -2.03. The molecule has 0 unspecified atom stereocenters. The number of nitrogens with one attached hydrogen (secondary N) is 1. The molecule has 0 aliphatic rings. The molecule has 3 rings (SSSR count). The third-order valence-corrected chi connectivity index (χ3v) is 2.92. The molecule has 0 fully saturated rings. The van der Waals surface area contributed by atoms with Gasteiger partial charge in [0.05, 0.1) is 12.8 Å². The monoisotopic (exact) mass is 270 g/mol. The molecule has 1 N–H and O–H groups in total. The summed E-state index contributed by atoms with van der Waals surface area (Å²) >= 11 is 0. The van der Waals surface area contributed by atoms with Crippen LogP contribution in [0.4, 0.5) is 10.2 Å². The summed E-state index contributed by atoms with van der Waals surface area (Å²) in [5.41, 5.74) is 8.24. The van der Waals surface area contributed by atoms with Crippen molar-refractivity contribution in [3.05, 3.63) is 60.1 Å². The van der Waals surface area contributed by atoms with E-state index >= 15 is 0 Å². The quantitative estimate of drug-likeness (QED) is 0.728. The van der Waals surface area contributed by atoms with Crippen molar-refractivity contribution in [3.8, 4) is 11.5 Å². The van der Waals surface area contributed by atoms with Crippen molar-refractivity contribution in [2.24, 2.45) is 5.11 Å². The second-order valence-electron chi connectivity index (χ2n) is 4.23. The molecule has 0 saturated carbocycles. The molecule has 20 heavy (non-hydrogen) atoms. The summed E-state index contributed by atoms with van der Waals surface area (Å²) in [5, 5.41) is 7.72. The minimum absolute atomic E-state index is 0.213. The van der Waals surface area contributed by atoms with Gasteiger partial charge in [0.15, 0.2) is 11.6 Å². The maximum Gasteiger partial charge on any atom is 0.173 e. The van der Waals surface area contributed by atoms with Gasteiger partial charge in [-0.15, -0.1) is 5.11 Å². The first-order valence-electron chi connectivity index (χ1n) is 6.00. The lowest BCUT2D eigenvalue weighted by atomic mass is 10.2. The summed E-state index contributed by atoms with van der Waals surface area (Å²) in [6.45, 7) is 0.213. The Hall–Kier alpha value is -2.76. The first kappa shape index (κ1) is 12.3. The van der Waals surface area contributed by atoms with E-state index in [1.165, 1.54) is 10.7 Å². The van der Waals surface area contributed by atoms with E-state index in [0.717, 1.165) is 0 Å². The van der Waals surface area contributed by atoms with E-state index in [4.69, 9.17) is 9.95 Å². The van der Waals surface area contributed by atoms with Crippen LogP contribution in [0.5, 0.6) is 0 Å². The first-order chi connectivity index (χ1) is 9.78. The molecule has 0 spiro atoms. The predicted molar refractivity (Wildman–Crippen MR) is 70.2 cm³/mol. The van der Waals surface area contributed by atoms with E-state index in [-0.39, 0.29) is 12.4 Å². The zero-order valence-corrected chi connectivity index (χ0v) is 10.5. The minimum atomic E-state index is -0.307. The SMILES string of the molecule is N=Nc1cc(-c2ccco2)nn1Cc1ccccc1F. The zero-order valence-electron chi connectivity index (χ0n) is 10.5. The van der Waals surface area contributed by atoms with E-state index in [1.54, 1.807) is 42.7 Å². The third-order valence-electron chi connectivity index (χ3n) is 2.92. The highest BCUT2D eigenvalue weighted by Gasteiger charge is 2.12. The van der Waals surface area contributed by atoms with Gasteiger partial charge >= 0.3 is 0 Å². The highest BCUT2D eigenvalue weighted by atomic mass is 19.1. The van der Waals surface area contributed by atoms with E-state index in [9.17, 15) is 4.39 Å². The van der Waals surface area contributed by atoms with Crippen LogP contribution in [0.3, 0.4) is 0 Å². The molecule has 0 saturated heterocycles. The van der Waals surface area contributed by atoms with Crippen molar-refractivity contribution < 1.29 is 8.81 Å². The van der Waals surface area contributed by atoms with Crippen LogP contribution in [-0.2, 0) is 6.54 Å². The zero-order chi connectivity index (χ0) is 13.9. The average Bonchev–Trinajstić information content (AvgIpc) is 3.10. The van der Waals surface area contributed by atoms with Crippen molar-refractivity contribution in [3.63, 3.8) is 0 Å². The molecule has 0 atom stereocenters. The molecular formula is C14H11FN4O. The Kier molecular flexibility index (Phi) is 3.12. The molecule has 0 bridgehead atoms. The smallest absolute Gasteiger partial charge is 0.173 e. The van der Waals surface area contributed by atoms with E-state index < -0.39 is 0 Å². The molecule has 0 aliphatic heterocycles. The van der Waals surface area contributed by atoms with Gasteiger partial charge in [-0.25, -0.2) is 14.6 Å². The van der Waals surface area contributed by atoms with Gasteiger partial charge in [0.25, 0.3) is 0 Å². The molecule has 2 aromatic heterocycles. The van der Waals surface area contributed by atoms with Gasteiger partial charge < -0.3 is 4.42 Å². The topological polar surface area (TPSA) is 67.2 Å². The van der Waals surface area contributed by atoms with Crippen molar-refractivity contribution in [1.82, 2.24) is 9.78 Å². The van der Waals surface area contributed by atoms with Gasteiger partial charge in [-0.3, -0.25) is 0 Å². The number of nitrogens with zero attached hydrogens (tertiary/aromatic N) is 3. The van der Waals surface area contributed by atoms with Crippen LogP contribution in [0.1, 0.15) is 5.56 Å². The lowest BCUT2D eigenvalue weighted by Gasteiger charge is -2.04. The molecule has 6 heteroatoms. The normalized spacial score (nSPS) is 10.7. The number of rotatable bonds is 4. The fourth-order valence-corrected chi connectivity index (χ4v) is 1.95. The number of hydrogen-bond acceptors (Lipinski definition) is 4. The Balaban J connectivity index is 1.97. The van der Waals surface area contributed by atoms with Gasteiger partial charge in [0.2, 0.25) is 0 Å². The molecule has 0 aliphatic carbocycles.